The van der Waals surface area contributed by atoms with E-state index in [9.17, 15) is 13.6 Å². The van der Waals surface area contributed by atoms with Crippen molar-refractivity contribution in [1.29, 1.82) is 0 Å². The van der Waals surface area contributed by atoms with E-state index in [2.05, 4.69) is 4.98 Å². The summed E-state index contributed by atoms with van der Waals surface area (Å²) in [5, 5.41) is 8.44. The Morgan fingerprint density at radius 3 is 2.73 bits per heavy atom. The maximum absolute atomic E-state index is 12.3. The van der Waals surface area contributed by atoms with Gasteiger partial charge in [0.25, 0.3) is 6.43 Å². The number of pyridine rings is 1. The molecule has 1 aromatic rings. The van der Waals surface area contributed by atoms with Crippen LogP contribution in [-0.4, -0.2) is 16.1 Å². The summed E-state index contributed by atoms with van der Waals surface area (Å²) in [6, 6.07) is 1.08. The van der Waals surface area contributed by atoms with Crippen molar-refractivity contribution in [2.24, 2.45) is 0 Å². The van der Waals surface area contributed by atoms with Crippen LogP contribution in [0.4, 0.5) is 14.5 Å². The Kier molecular flexibility index (Phi) is 3.41. The van der Waals surface area contributed by atoms with Crippen LogP contribution in [0.15, 0.2) is 6.07 Å². The first-order valence-electron chi connectivity index (χ1n) is 3.86. The second-order valence-corrected chi connectivity index (χ2v) is 3.17. The summed E-state index contributed by atoms with van der Waals surface area (Å²) in [4.78, 5) is 13.8. The van der Waals surface area contributed by atoms with Gasteiger partial charge in [-0.05, 0) is 6.07 Å². The third-order valence-corrected chi connectivity index (χ3v) is 1.96. The van der Waals surface area contributed by atoms with Crippen molar-refractivity contribution in [3.8, 4) is 0 Å². The van der Waals surface area contributed by atoms with E-state index in [4.69, 9.17) is 22.4 Å². The number of hydrogen-bond donors (Lipinski definition) is 2. The number of halogens is 3. The lowest BCUT2D eigenvalue weighted by atomic mass is 10.2. The van der Waals surface area contributed by atoms with Gasteiger partial charge in [-0.25, -0.2) is 13.8 Å². The van der Waals surface area contributed by atoms with Gasteiger partial charge in [-0.3, -0.25) is 4.79 Å². The zero-order chi connectivity index (χ0) is 11.6. The molecule has 0 aliphatic carbocycles. The second kappa shape index (κ2) is 4.39. The third-order valence-electron chi connectivity index (χ3n) is 1.63. The van der Waals surface area contributed by atoms with Gasteiger partial charge in [0.1, 0.15) is 5.69 Å². The van der Waals surface area contributed by atoms with Crippen molar-refractivity contribution in [3.63, 3.8) is 0 Å². The molecule has 0 fully saturated rings. The van der Waals surface area contributed by atoms with E-state index < -0.39 is 24.5 Å². The molecular formula is C8H7ClF2N2O2. The molecule has 15 heavy (non-hydrogen) atoms. The molecule has 0 unspecified atom stereocenters. The maximum Gasteiger partial charge on any atom is 0.309 e. The fourth-order valence-electron chi connectivity index (χ4n) is 0.999. The topological polar surface area (TPSA) is 76.2 Å². The molecule has 0 saturated carbocycles. The van der Waals surface area contributed by atoms with Gasteiger partial charge in [-0.15, -0.1) is 0 Å². The normalized spacial score (nSPS) is 10.7. The average molecular weight is 237 g/mol. The van der Waals surface area contributed by atoms with Crippen LogP contribution < -0.4 is 5.73 Å². The van der Waals surface area contributed by atoms with Crippen LogP contribution in [0.3, 0.4) is 0 Å². The largest absolute Gasteiger partial charge is 0.481 e. The van der Waals surface area contributed by atoms with Crippen molar-refractivity contribution in [1.82, 2.24) is 4.98 Å². The minimum atomic E-state index is -2.85. The van der Waals surface area contributed by atoms with Crippen molar-refractivity contribution in [2.75, 3.05) is 5.73 Å². The standard InChI is InChI=1S/C8H7ClF2N2O2/c9-3-1-4(12)7(8(10)11)13-5(3)2-6(14)15/h1,8H,2,12H2,(H,14,15). The predicted molar refractivity (Wildman–Crippen MR) is 50.0 cm³/mol. The molecule has 0 spiro atoms. The molecule has 0 aliphatic rings. The number of aromatic nitrogens is 1. The first-order chi connectivity index (χ1) is 6.91. The fourth-order valence-corrected chi connectivity index (χ4v) is 1.23. The van der Waals surface area contributed by atoms with Gasteiger partial charge in [0.2, 0.25) is 0 Å². The van der Waals surface area contributed by atoms with Crippen molar-refractivity contribution in [3.05, 3.63) is 22.5 Å². The molecule has 0 amide bonds. The summed E-state index contributed by atoms with van der Waals surface area (Å²) < 4.78 is 24.7. The number of nitrogens with zero attached hydrogens (tertiary/aromatic N) is 1. The second-order valence-electron chi connectivity index (χ2n) is 2.76. The zero-order valence-corrected chi connectivity index (χ0v) is 8.13. The number of carboxylic acids is 1. The molecule has 7 heteroatoms. The highest BCUT2D eigenvalue weighted by molar-refractivity contribution is 6.31. The number of carbonyl (C=O) groups is 1. The van der Waals surface area contributed by atoms with Crippen LogP contribution in [-0.2, 0) is 11.2 Å². The third kappa shape index (κ3) is 2.76. The minimum Gasteiger partial charge on any atom is -0.481 e. The average Bonchev–Trinajstić information content (AvgIpc) is 2.08. The van der Waals surface area contributed by atoms with Crippen LogP contribution in [0.2, 0.25) is 5.02 Å². The van der Waals surface area contributed by atoms with Crippen LogP contribution in [0.1, 0.15) is 17.8 Å². The van der Waals surface area contributed by atoms with Crippen molar-refractivity contribution >= 4 is 23.3 Å². The Bertz CT molecular complexity index is 398. The molecule has 0 atom stereocenters. The lowest BCUT2D eigenvalue weighted by Crippen LogP contribution is -2.07. The monoisotopic (exact) mass is 236 g/mol. The number of alkyl halides is 2. The van der Waals surface area contributed by atoms with Crippen molar-refractivity contribution in [2.45, 2.75) is 12.8 Å². The Morgan fingerprint density at radius 1 is 1.67 bits per heavy atom. The van der Waals surface area contributed by atoms with E-state index in [-0.39, 0.29) is 16.4 Å². The van der Waals surface area contributed by atoms with Gasteiger partial charge in [0.15, 0.2) is 0 Å². The number of carboxylic acid groups (broad SMARTS) is 1. The molecule has 0 saturated heterocycles. The highest BCUT2D eigenvalue weighted by Gasteiger charge is 2.17. The van der Waals surface area contributed by atoms with Crippen LogP contribution >= 0.6 is 11.6 Å². The van der Waals surface area contributed by atoms with Gasteiger partial charge in [-0.2, -0.15) is 0 Å². The van der Waals surface area contributed by atoms with Gasteiger partial charge < -0.3 is 10.8 Å². The molecule has 3 N–H and O–H groups in total. The Labute approximate surface area is 88.7 Å². The molecule has 1 heterocycles. The minimum absolute atomic E-state index is 0.0284. The fraction of sp³-hybridized carbons (Fsp3) is 0.250. The van der Waals surface area contributed by atoms with Crippen LogP contribution in [0.25, 0.3) is 0 Å². The molecule has 1 aromatic heterocycles. The molecule has 0 bridgehead atoms. The smallest absolute Gasteiger partial charge is 0.309 e. The van der Waals surface area contributed by atoms with Crippen LogP contribution in [0.5, 0.6) is 0 Å². The van der Waals surface area contributed by atoms with Gasteiger partial charge >= 0.3 is 5.97 Å². The lowest BCUT2D eigenvalue weighted by Gasteiger charge is -2.07. The number of rotatable bonds is 3. The Hall–Kier alpha value is -1.43. The Balaban J connectivity index is 3.17. The van der Waals surface area contributed by atoms with E-state index in [1.54, 1.807) is 0 Å². The van der Waals surface area contributed by atoms with E-state index in [1.807, 2.05) is 0 Å². The van der Waals surface area contributed by atoms with Crippen LogP contribution in [0, 0.1) is 0 Å². The number of nitrogen functional groups attached to an aromatic ring is 1. The number of aliphatic carboxylic acids is 1. The molecule has 4 nitrogen and oxygen atoms in total. The van der Waals surface area contributed by atoms with E-state index in [0.717, 1.165) is 6.07 Å². The van der Waals surface area contributed by atoms with E-state index >= 15 is 0 Å². The predicted octanol–water partition coefficient (Wildman–Crippen LogP) is 1.88. The molecule has 1 rings (SSSR count). The Morgan fingerprint density at radius 2 is 2.27 bits per heavy atom. The quantitative estimate of drug-likeness (QED) is 0.840. The molecule has 0 radical (unpaired) electrons. The number of anilines is 1. The maximum atomic E-state index is 12.3. The zero-order valence-electron chi connectivity index (χ0n) is 7.38. The summed E-state index contributed by atoms with van der Waals surface area (Å²) in [6.07, 6.45) is -3.37. The highest BCUT2D eigenvalue weighted by atomic mass is 35.5. The summed E-state index contributed by atoms with van der Waals surface area (Å²) in [7, 11) is 0. The van der Waals surface area contributed by atoms with E-state index in [1.165, 1.54) is 0 Å². The van der Waals surface area contributed by atoms with Gasteiger partial charge in [0.05, 0.1) is 22.8 Å². The first kappa shape index (κ1) is 11.6. The van der Waals surface area contributed by atoms with Gasteiger partial charge in [-0.1, -0.05) is 11.6 Å². The summed E-state index contributed by atoms with van der Waals surface area (Å²) >= 11 is 5.60. The first-order valence-corrected chi connectivity index (χ1v) is 4.24. The highest BCUT2D eigenvalue weighted by Crippen LogP contribution is 2.27. The molecule has 82 valence electrons. The van der Waals surface area contributed by atoms with Crippen molar-refractivity contribution < 1.29 is 18.7 Å². The summed E-state index contributed by atoms with van der Waals surface area (Å²) in [5.41, 5.74) is 4.24. The number of nitrogens with two attached hydrogens (primary N) is 1. The summed E-state index contributed by atoms with van der Waals surface area (Å²) in [6.45, 7) is 0. The lowest BCUT2D eigenvalue weighted by molar-refractivity contribution is -0.136. The molecule has 0 aromatic carbocycles. The number of hydrogen-bond acceptors (Lipinski definition) is 3. The SMILES string of the molecule is Nc1cc(Cl)c(CC(=O)O)nc1C(F)F. The molecule has 0 aliphatic heterocycles. The van der Waals surface area contributed by atoms with Gasteiger partial charge in [0, 0.05) is 0 Å². The molecular weight excluding hydrogens is 230 g/mol. The summed E-state index contributed by atoms with van der Waals surface area (Å²) in [5.74, 6) is -1.20. The van der Waals surface area contributed by atoms with E-state index in [0.29, 0.717) is 0 Å².